The van der Waals surface area contributed by atoms with E-state index in [0.29, 0.717) is 0 Å². The minimum absolute atomic E-state index is 0.0680. The quantitative estimate of drug-likeness (QED) is 0.579. The number of aliphatic hydroxyl groups excluding tert-OH is 1. The molecule has 0 saturated carbocycles. The first kappa shape index (κ1) is 16.9. The zero-order valence-corrected chi connectivity index (χ0v) is 13.6. The van der Waals surface area contributed by atoms with Crippen molar-refractivity contribution in [3.8, 4) is 0 Å². The minimum Gasteiger partial charge on any atom is -0.413 e. The lowest BCUT2D eigenvalue weighted by atomic mass is 9.94. The van der Waals surface area contributed by atoms with Gasteiger partial charge in [-0.05, 0) is 24.1 Å². The van der Waals surface area contributed by atoms with Gasteiger partial charge in [0.25, 0.3) is 0 Å². The van der Waals surface area contributed by atoms with Gasteiger partial charge in [0, 0.05) is 12.5 Å². The highest BCUT2D eigenvalue weighted by Gasteiger charge is 2.40. The van der Waals surface area contributed by atoms with Crippen molar-refractivity contribution in [3.05, 3.63) is 12.7 Å². The highest BCUT2D eigenvalue weighted by Crippen LogP contribution is 2.39. The molecule has 0 aromatic heterocycles. The van der Waals surface area contributed by atoms with Gasteiger partial charge < -0.3 is 9.53 Å². The fourth-order valence-electron chi connectivity index (χ4n) is 1.50. The molecule has 0 heterocycles. The van der Waals surface area contributed by atoms with Gasteiger partial charge in [-0.2, -0.15) is 0 Å². The van der Waals surface area contributed by atoms with Gasteiger partial charge in [-0.3, -0.25) is 0 Å². The molecule has 3 heteroatoms. The van der Waals surface area contributed by atoms with Crippen LogP contribution in [0.2, 0.25) is 18.1 Å². The summed E-state index contributed by atoms with van der Waals surface area (Å²) in [5.41, 5.74) is 0. The molecule has 0 aromatic rings. The zero-order valence-electron chi connectivity index (χ0n) is 12.6. The molecule has 0 saturated heterocycles. The molecule has 0 unspecified atom stereocenters. The van der Waals surface area contributed by atoms with E-state index >= 15 is 0 Å². The van der Waals surface area contributed by atoms with Gasteiger partial charge in [0.05, 0.1) is 6.10 Å². The third-order valence-electron chi connectivity index (χ3n) is 3.98. The summed E-state index contributed by atoms with van der Waals surface area (Å²) in [5.74, 6) is 0.420. The Bertz CT molecular complexity index is 243. The summed E-state index contributed by atoms with van der Waals surface area (Å²) in [5, 5.41) is 9.55. The van der Waals surface area contributed by atoms with Crippen LogP contribution in [-0.4, -0.2) is 26.1 Å². The van der Waals surface area contributed by atoms with E-state index in [4.69, 9.17) is 4.43 Å². The third kappa shape index (κ3) is 4.57. The van der Waals surface area contributed by atoms with Crippen molar-refractivity contribution in [3.63, 3.8) is 0 Å². The molecule has 0 fully saturated rings. The molecule has 0 amide bonds. The second-order valence-corrected chi connectivity index (χ2v) is 11.4. The van der Waals surface area contributed by atoms with Crippen LogP contribution in [0.15, 0.2) is 12.7 Å². The average Bonchev–Trinajstić information content (AvgIpc) is 2.22. The standard InChI is InChI=1S/C14H30O2Si/c1-9-11(2)13(12(3)10-15)16-17(7,8)14(4,5)6/h9,11-13,15H,1,10H2,2-8H3/t11-,12-,13-/m0/s1. The Balaban J connectivity index is 4.93. The topological polar surface area (TPSA) is 29.5 Å². The molecule has 0 radical (unpaired) electrons. The highest BCUT2D eigenvalue weighted by molar-refractivity contribution is 6.74. The number of rotatable bonds is 6. The third-order valence-corrected chi connectivity index (χ3v) is 8.45. The normalized spacial score (nSPS) is 18.6. The fraction of sp³-hybridized carbons (Fsp3) is 0.857. The van der Waals surface area contributed by atoms with E-state index in [2.05, 4.69) is 47.4 Å². The van der Waals surface area contributed by atoms with Gasteiger partial charge in [0.1, 0.15) is 0 Å². The Morgan fingerprint density at radius 3 is 2.06 bits per heavy atom. The van der Waals surface area contributed by atoms with Crippen LogP contribution >= 0.6 is 0 Å². The van der Waals surface area contributed by atoms with E-state index in [1.165, 1.54) is 0 Å². The van der Waals surface area contributed by atoms with Crippen LogP contribution in [0.1, 0.15) is 34.6 Å². The summed E-state index contributed by atoms with van der Waals surface area (Å²) in [6, 6.07) is 0. The van der Waals surface area contributed by atoms with Crippen LogP contribution in [0.3, 0.4) is 0 Å². The SMILES string of the molecule is C=C[C@H](C)[C@H](O[Si](C)(C)C(C)(C)C)[C@@H](C)CO. The van der Waals surface area contributed by atoms with Crippen molar-refractivity contribution in [2.45, 2.75) is 58.9 Å². The molecule has 102 valence electrons. The fourth-order valence-corrected chi connectivity index (χ4v) is 2.98. The molecule has 17 heavy (non-hydrogen) atoms. The van der Waals surface area contributed by atoms with Gasteiger partial charge in [0.2, 0.25) is 0 Å². The summed E-state index contributed by atoms with van der Waals surface area (Å²) in [7, 11) is -1.78. The molecule has 2 nitrogen and oxygen atoms in total. The summed E-state index contributed by atoms with van der Waals surface area (Å²) < 4.78 is 6.42. The first-order chi connectivity index (χ1) is 7.56. The van der Waals surface area contributed by atoms with Gasteiger partial charge >= 0.3 is 0 Å². The van der Waals surface area contributed by atoms with Crippen molar-refractivity contribution in [2.24, 2.45) is 11.8 Å². The van der Waals surface area contributed by atoms with Gasteiger partial charge in [-0.1, -0.05) is 40.7 Å². The highest BCUT2D eigenvalue weighted by atomic mass is 28.4. The van der Waals surface area contributed by atoms with Crippen molar-refractivity contribution in [1.82, 2.24) is 0 Å². The lowest BCUT2D eigenvalue weighted by Crippen LogP contribution is -2.47. The Morgan fingerprint density at radius 2 is 1.76 bits per heavy atom. The van der Waals surface area contributed by atoms with Crippen molar-refractivity contribution < 1.29 is 9.53 Å². The Labute approximate surface area is 108 Å². The van der Waals surface area contributed by atoms with Crippen LogP contribution in [0.5, 0.6) is 0 Å². The molecule has 0 aliphatic heterocycles. The van der Waals surface area contributed by atoms with Crippen LogP contribution in [0, 0.1) is 11.8 Å². The minimum atomic E-state index is -1.78. The molecular weight excluding hydrogens is 228 g/mol. The van der Waals surface area contributed by atoms with Crippen LogP contribution in [-0.2, 0) is 4.43 Å². The molecule has 0 aromatic carbocycles. The average molecular weight is 258 g/mol. The van der Waals surface area contributed by atoms with E-state index in [0.717, 1.165) is 0 Å². The molecule has 0 rings (SSSR count). The summed E-state index contributed by atoms with van der Waals surface area (Å²) in [6.45, 7) is 19.4. The summed E-state index contributed by atoms with van der Waals surface area (Å²) in [6.07, 6.45) is 1.99. The summed E-state index contributed by atoms with van der Waals surface area (Å²) >= 11 is 0. The second-order valence-electron chi connectivity index (χ2n) is 6.60. The van der Waals surface area contributed by atoms with E-state index in [1.807, 2.05) is 13.0 Å². The van der Waals surface area contributed by atoms with Crippen molar-refractivity contribution >= 4 is 8.32 Å². The molecule has 0 spiro atoms. The molecular formula is C14H30O2Si. The largest absolute Gasteiger partial charge is 0.413 e. The molecule has 1 N–H and O–H groups in total. The Hall–Kier alpha value is -0.123. The second kappa shape index (κ2) is 6.16. The van der Waals surface area contributed by atoms with Gasteiger partial charge in [-0.25, -0.2) is 0 Å². The van der Waals surface area contributed by atoms with Crippen LogP contribution < -0.4 is 0 Å². The molecule has 0 aliphatic carbocycles. The van der Waals surface area contributed by atoms with Gasteiger partial charge in [0.15, 0.2) is 8.32 Å². The van der Waals surface area contributed by atoms with Crippen LogP contribution in [0.25, 0.3) is 0 Å². The van der Waals surface area contributed by atoms with Crippen molar-refractivity contribution in [1.29, 1.82) is 0 Å². The smallest absolute Gasteiger partial charge is 0.192 e. The first-order valence-electron chi connectivity index (χ1n) is 6.48. The lowest BCUT2D eigenvalue weighted by molar-refractivity contribution is 0.0600. The number of aliphatic hydroxyl groups is 1. The molecule has 0 aliphatic rings. The monoisotopic (exact) mass is 258 g/mol. The number of hydrogen-bond donors (Lipinski definition) is 1. The zero-order chi connectivity index (χ0) is 13.9. The number of hydrogen-bond acceptors (Lipinski definition) is 2. The van der Waals surface area contributed by atoms with Gasteiger partial charge in [-0.15, -0.1) is 6.58 Å². The van der Waals surface area contributed by atoms with Crippen molar-refractivity contribution in [2.75, 3.05) is 6.61 Å². The first-order valence-corrected chi connectivity index (χ1v) is 9.39. The maximum Gasteiger partial charge on any atom is 0.192 e. The molecule has 3 atom stereocenters. The summed E-state index contributed by atoms with van der Waals surface area (Å²) in [4.78, 5) is 0. The predicted molar refractivity (Wildman–Crippen MR) is 77.7 cm³/mol. The van der Waals surface area contributed by atoms with E-state index in [9.17, 15) is 5.11 Å². The predicted octanol–water partition coefficient (Wildman–Crippen LogP) is 3.83. The maximum absolute atomic E-state index is 9.35. The maximum atomic E-state index is 9.35. The Morgan fingerprint density at radius 1 is 1.29 bits per heavy atom. The Kier molecular flexibility index (Phi) is 6.12. The van der Waals surface area contributed by atoms with E-state index in [-0.39, 0.29) is 29.6 Å². The van der Waals surface area contributed by atoms with E-state index < -0.39 is 8.32 Å². The van der Waals surface area contributed by atoms with Crippen LogP contribution in [0.4, 0.5) is 0 Å². The molecule has 0 bridgehead atoms. The van der Waals surface area contributed by atoms with E-state index in [1.54, 1.807) is 0 Å². The lowest BCUT2D eigenvalue weighted by Gasteiger charge is -2.42.